The van der Waals surface area contributed by atoms with Crippen molar-refractivity contribution in [3.05, 3.63) is 53.8 Å². The van der Waals surface area contributed by atoms with Gasteiger partial charge in [0.1, 0.15) is 23.9 Å². The van der Waals surface area contributed by atoms with Crippen LogP contribution in [0, 0.1) is 5.82 Å². The molecule has 0 radical (unpaired) electrons. The molecule has 2 aromatic carbocycles. The van der Waals surface area contributed by atoms with Gasteiger partial charge in [0.05, 0.1) is 11.3 Å². The van der Waals surface area contributed by atoms with E-state index >= 15 is 0 Å². The summed E-state index contributed by atoms with van der Waals surface area (Å²) < 4.78 is 18.6. The quantitative estimate of drug-likeness (QED) is 0.787. The van der Waals surface area contributed by atoms with Gasteiger partial charge in [-0.2, -0.15) is 0 Å². The number of hydrogen-bond acceptors (Lipinski definition) is 4. The minimum absolute atomic E-state index is 0.149. The Balaban J connectivity index is 2.21. The molecule has 0 bridgehead atoms. The zero-order valence-corrected chi connectivity index (χ0v) is 11.2. The second-order valence-corrected chi connectivity index (χ2v) is 4.25. The van der Waals surface area contributed by atoms with E-state index in [1.165, 1.54) is 0 Å². The van der Waals surface area contributed by atoms with Crippen LogP contribution in [0.25, 0.3) is 0 Å². The molecule has 0 saturated heterocycles. The van der Waals surface area contributed by atoms with Crippen LogP contribution in [0.2, 0.25) is 0 Å². The lowest BCUT2D eigenvalue weighted by Gasteiger charge is -2.12. The molecule has 0 atom stereocenters. The van der Waals surface area contributed by atoms with Crippen molar-refractivity contribution in [2.75, 3.05) is 18.5 Å². The van der Waals surface area contributed by atoms with Crippen LogP contribution < -0.4 is 15.8 Å². The maximum Gasteiger partial charge on any atom is 0.259 e. The summed E-state index contributed by atoms with van der Waals surface area (Å²) >= 11 is 0. The first-order valence-electron chi connectivity index (χ1n) is 6.33. The number of phenolic OH excluding ortho intramolecular Hbond substituents is 1. The Morgan fingerprint density at radius 2 is 2.05 bits per heavy atom. The van der Waals surface area contributed by atoms with E-state index in [4.69, 9.17) is 10.5 Å². The highest BCUT2D eigenvalue weighted by Crippen LogP contribution is 2.26. The van der Waals surface area contributed by atoms with Gasteiger partial charge in [0.2, 0.25) is 0 Å². The normalized spacial score (nSPS) is 10.2. The third-order valence-corrected chi connectivity index (χ3v) is 2.71. The van der Waals surface area contributed by atoms with E-state index in [0.717, 1.165) is 18.2 Å². The second kappa shape index (κ2) is 6.71. The maximum absolute atomic E-state index is 13.2. The highest BCUT2D eigenvalue weighted by Gasteiger charge is 2.14. The fourth-order valence-electron chi connectivity index (χ4n) is 1.74. The van der Waals surface area contributed by atoms with Crippen molar-refractivity contribution in [2.45, 2.75) is 0 Å². The lowest BCUT2D eigenvalue weighted by atomic mass is 10.1. The molecule has 0 unspecified atom stereocenters. The topological polar surface area (TPSA) is 84.6 Å². The summed E-state index contributed by atoms with van der Waals surface area (Å²) in [4.78, 5) is 12.1. The van der Waals surface area contributed by atoms with Gasteiger partial charge >= 0.3 is 0 Å². The Hall–Kier alpha value is -2.60. The van der Waals surface area contributed by atoms with Crippen LogP contribution in [0.1, 0.15) is 10.4 Å². The number of aromatic hydroxyl groups is 1. The summed E-state index contributed by atoms with van der Waals surface area (Å²) in [6, 6.07) is 9.95. The highest BCUT2D eigenvalue weighted by molar-refractivity contribution is 6.06. The standard InChI is InChI=1S/C15H15FN2O3/c16-10-5-6-13(19)11(9-10)15(20)18-12-3-1-2-4-14(12)21-8-7-17/h1-6,9,19H,7-8,17H2,(H,18,20). The van der Waals surface area contributed by atoms with Gasteiger partial charge in [0, 0.05) is 6.54 Å². The van der Waals surface area contributed by atoms with E-state index in [1.807, 2.05) is 0 Å². The molecule has 2 rings (SSSR count). The summed E-state index contributed by atoms with van der Waals surface area (Å²) in [5.74, 6) is -1.08. The predicted octanol–water partition coefficient (Wildman–Crippen LogP) is 2.12. The van der Waals surface area contributed by atoms with E-state index in [0.29, 0.717) is 24.6 Å². The molecule has 0 heterocycles. The Labute approximate surface area is 121 Å². The van der Waals surface area contributed by atoms with Crippen molar-refractivity contribution in [3.63, 3.8) is 0 Å². The molecule has 2 aromatic rings. The minimum Gasteiger partial charge on any atom is -0.507 e. The van der Waals surface area contributed by atoms with Crippen molar-refractivity contribution in [2.24, 2.45) is 5.73 Å². The number of benzene rings is 2. The van der Waals surface area contributed by atoms with E-state index < -0.39 is 11.7 Å². The van der Waals surface area contributed by atoms with Crippen molar-refractivity contribution >= 4 is 11.6 Å². The average molecular weight is 290 g/mol. The summed E-state index contributed by atoms with van der Waals surface area (Å²) in [5.41, 5.74) is 5.64. The Kier molecular flexibility index (Phi) is 4.73. The number of nitrogens with one attached hydrogen (secondary N) is 1. The second-order valence-electron chi connectivity index (χ2n) is 4.25. The van der Waals surface area contributed by atoms with Crippen LogP contribution in [0.5, 0.6) is 11.5 Å². The third kappa shape index (κ3) is 3.70. The molecule has 0 spiro atoms. The molecular formula is C15H15FN2O3. The fraction of sp³-hybridized carbons (Fsp3) is 0.133. The molecule has 0 saturated carbocycles. The van der Waals surface area contributed by atoms with Gasteiger partial charge in [-0.3, -0.25) is 4.79 Å². The predicted molar refractivity (Wildman–Crippen MR) is 77.0 cm³/mol. The fourth-order valence-corrected chi connectivity index (χ4v) is 1.74. The van der Waals surface area contributed by atoms with E-state index in [2.05, 4.69) is 5.32 Å². The number of phenols is 1. The van der Waals surface area contributed by atoms with Gasteiger partial charge in [-0.1, -0.05) is 12.1 Å². The molecule has 0 aliphatic carbocycles. The number of carbonyl (C=O) groups excluding carboxylic acids is 1. The van der Waals surface area contributed by atoms with Crippen LogP contribution in [0.15, 0.2) is 42.5 Å². The van der Waals surface area contributed by atoms with Crippen molar-refractivity contribution < 1.29 is 19.0 Å². The van der Waals surface area contributed by atoms with Gasteiger partial charge in [0.25, 0.3) is 5.91 Å². The third-order valence-electron chi connectivity index (χ3n) is 2.71. The number of ether oxygens (including phenoxy) is 1. The molecule has 21 heavy (non-hydrogen) atoms. The first kappa shape index (κ1) is 14.8. The first-order valence-corrected chi connectivity index (χ1v) is 6.33. The Bertz CT molecular complexity index is 647. The van der Waals surface area contributed by atoms with Gasteiger partial charge in [-0.05, 0) is 30.3 Å². The Morgan fingerprint density at radius 1 is 1.29 bits per heavy atom. The molecule has 0 aliphatic rings. The van der Waals surface area contributed by atoms with Gasteiger partial charge in [-0.15, -0.1) is 0 Å². The maximum atomic E-state index is 13.2. The largest absolute Gasteiger partial charge is 0.507 e. The van der Waals surface area contributed by atoms with Crippen molar-refractivity contribution in [1.29, 1.82) is 0 Å². The van der Waals surface area contributed by atoms with Crippen LogP contribution in [-0.4, -0.2) is 24.2 Å². The van der Waals surface area contributed by atoms with Crippen LogP contribution in [0.4, 0.5) is 10.1 Å². The number of halogens is 1. The van der Waals surface area contributed by atoms with Crippen LogP contribution in [-0.2, 0) is 0 Å². The number of rotatable bonds is 5. The molecule has 6 heteroatoms. The van der Waals surface area contributed by atoms with E-state index in [-0.39, 0.29) is 11.3 Å². The number of amides is 1. The number of anilines is 1. The number of para-hydroxylation sites is 2. The summed E-state index contributed by atoms with van der Waals surface area (Å²) in [6.07, 6.45) is 0. The van der Waals surface area contributed by atoms with E-state index in [9.17, 15) is 14.3 Å². The number of hydrogen-bond donors (Lipinski definition) is 3. The average Bonchev–Trinajstić information content (AvgIpc) is 2.48. The summed E-state index contributed by atoms with van der Waals surface area (Å²) in [5, 5.41) is 12.2. The van der Waals surface area contributed by atoms with Crippen LogP contribution >= 0.6 is 0 Å². The van der Waals surface area contributed by atoms with Crippen molar-refractivity contribution in [3.8, 4) is 11.5 Å². The highest BCUT2D eigenvalue weighted by atomic mass is 19.1. The SMILES string of the molecule is NCCOc1ccccc1NC(=O)c1cc(F)ccc1O. The van der Waals surface area contributed by atoms with Gasteiger partial charge in [0.15, 0.2) is 0 Å². The summed E-state index contributed by atoms with van der Waals surface area (Å²) in [6.45, 7) is 0.644. The summed E-state index contributed by atoms with van der Waals surface area (Å²) in [7, 11) is 0. The van der Waals surface area contributed by atoms with Crippen LogP contribution in [0.3, 0.4) is 0 Å². The number of carbonyl (C=O) groups is 1. The molecule has 0 aliphatic heterocycles. The Morgan fingerprint density at radius 3 is 2.81 bits per heavy atom. The zero-order valence-electron chi connectivity index (χ0n) is 11.2. The first-order chi connectivity index (χ1) is 10.1. The molecule has 0 aromatic heterocycles. The van der Waals surface area contributed by atoms with E-state index in [1.54, 1.807) is 24.3 Å². The molecule has 1 amide bonds. The molecule has 4 N–H and O–H groups in total. The van der Waals surface area contributed by atoms with Crippen molar-refractivity contribution in [1.82, 2.24) is 0 Å². The molecule has 5 nitrogen and oxygen atoms in total. The molecule has 110 valence electrons. The lowest BCUT2D eigenvalue weighted by Crippen LogP contribution is -2.15. The lowest BCUT2D eigenvalue weighted by molar-refractivity contribution is 0.102. The molecular weight excluding hydrogens is 275 g/mol. The van der Waals surface area contributed by atoms with Gasteiger partial charge < -0.3 is 20.9 Å². The minimum atomic E-state index is -0.629. The zero-order chi connectivity index (χ0) is 15.2. The monoisotopic (exact) mass is 290 g/mol. The molecule has 0 fully saturated rings. The smallest absolute Gasteiger partial charge is 0.259 e. The number of nitrogens with two attached hydrogens (primary N) is 1. The van der Waals surface area contributed by atoms with Gasteiger partial charge in [-0.25, -0.2) is 4.39 Å².